The fourth-order valence-electron chi connectivity index (χ4n) is 3.79. The molecule has 1 amide bonds. The highest BCUT2D eigenvalue weighted by molar-refractivity contribution is 5.83. The van der Waals surface area contributed by atoms with Crippen molar-refractivity contribution in [3.63, 3.8) is 0 Å². The van der Waals surface area contributed by atoms with Crippen LogP contribution in [-0.4, -0.2) is 37.7 Å². The van der Waals surface area contributed by atoms with Crippen molar-refractivity contribution in [2.24, 2.45) is 5.92 Å². The van der Waals surface area contributed by atoms with E-state index in [4.69, 9.17) is 0 Å². The van der Waals surface area contributed by atoms with Crippen molar-refractivity contribution in [2.45, 2.75) is 38.0 Å². The average molecular weight is 350 g/mol. The quantitative estimate of drug-likeness (QED) is 0.737. The van der Waals surface area contributed by atoms with E-state index in [2.05, 4.69) is 15.3 Å². The Balaban J connectivity index is 1.35. The molecule has 0 bridgehead atoms. The summed E-state index contributed by atoms with van der Waals surface area (Å²) in [7, 11) is 0. The summed E-state index contributed by atoms with van der Waals surface area (Å²) in [6, 6.07) is 9.56. The second kappa shape index (κ2) is 7.25. The maximum Gasteiger partial charge on any atom is 0.224 e. The van der Waals surface area contributed by atoms with Crippen LogP contribution in [0.2, 0.25) is 0 Å². The lowest BCUT2D eigenvalue weighted by molar-refractivity contribution is -0.121. The molecule has 6 nitrogen and oxygen atoms in total. The van der Waals surface area contributed by atoms with Gasteiger partial charge in [0.2, 0.25) is 5.91 Å². The second-order valence-corrected chi connectivity index (χ2v) is 7.05. The Bertz CT molecular complexity index is 894. The van der Waals surface area contributed by atoms with Gasteiger partial charge in [0.1, 0.15) is 0 Å². The third kappa shape index (κ3) is 3.75. The first kappa shape index (κ1) is 16.7. The van der Waals surface area contributed by atoms with Crippen molar-refractivity contribution in [3.8, 4) is 0 Å². The summed E-state index contributed by atoms with van der Waals surface area (Å²) in [5.74, 6) is 0.289. The van der Waals surface area contributed by atoms with Crippen LogP contribution in [0.5, 0.6) is 0 Å². The van der Waals surface area contributed by atoms with E-state index in [0.29, 0.717) is 18.8 Å². The predicted octanol–water partition coefficient (Wildman–Crippen LogP) is 1.93. The van der Waals surface area contributed by atoms with E-state index in [0.717, 1.165) is 29.4 Å². The number of hydrogen-bond acceptors (Lipinski definition) is 4. The average Bonchev–Trinajstić information content (AvgIpc) is 3.25. The largest absolute Gasteiger partial charge is 0.391 e. The van der Waals surface area contributed by atoms with Gasteiger partial charge in [-0.1, -0.05) is 12.1 Å². The summed E-state index contributed by atoms with van der Waals surface area (Å²) in [4.78, 5) is 20.8. The zero-order valence-corrected chi connectivity index (χ0v) is 14.5. The molecule has 1 aliphatic carbocycles. The topological polar surface area (TPSA) is 80.0 Å². The molecular formula is C20H22N4O2. The van der Waals surface area contributed by atoms with Crippen LogP contribution < -0.4 is 5.32 Å². The number of pyridine rings is 1. The number of aliphatic hydroxyl groups is 1. The number of nitrogens with zero attached hydrogens (tertiary/aromatic N) is 3. The van der Waals surface area contributed by atoms with Crippen LogP contribution in [0.1, 0.15) is 18.4 Å². The van der Waals surface area contributed by atoms with E-state index in [1.54, 1.807) is 18.7 Å². The van der Waals surface area contributed by atoms with Crippen LogP contribution in [0.15, 0.2) is 55.2 Å². The van der Waals surface area contributed by atoms with Gasteiger partial charge >= 0.3 is 0 Å². The van der Waals surface area contributed by atoms with Crippen LogP contribution in [-0.2, 0) is 17.8 Å². The highest BCUT2D eigenvalue weighted by atomic mass is 16.3. The molecule has 0 spiro atoms. The van der Waals surface area contributed by atoms with Crippen LogP contribution in [0.25, 0.3) is 10.9 Å². The molecular weight excluding hydrogens is 328 g/mol. The predicted molar refractivity (Wildman–Crippen MR) is 98.3 cm³/mol. The summed E-state index contributed by atoms with van der Waals surface area (Å²) < 4.78 is 2.02. The molecule has 134 valence electrons. The van der Waals surface area contributed by atoms with Crippen LogP contribution in [0.4, 0.5) is 0 Å². The number of aliphatic hydroxyl groups excluding tert-OH is 1. The number of fused-ring (bicyclic) bond motifs is 1. The molecule has 0 aliphatic heterocycles. The number of nitrogens with one attached hydrogen (secondary N) is 1. The zero-order chi connectivity index (χ0) is 17.9. The van der Waals surface area contributed by atoms with Gasteiger partial charge in [0.25, 0.3) is 0 Å². The standard InChI is InChI=1S/C20H22N4O2/c25-19-10-15(12-24-7-6-21-13-24)9-18(19)23-20(26)11-14-3-4-17-16(8-14)2-1-5-22-17/h1-8,13,15,18-19,25H,9-12H2,(H,23,26)/t15?,18-,19-/m1/s1. The van der Waals surface area contributed by atoms with Gasteiger partial charge in [-0.15, -0.1) is 0 Å². The number of aromatic nitrogens is 3. The Hall–Kier alpha value is -2.73. The molecule has 1 aromatic carbocycles. The summed E-state index contributed by atoms with van der Waals surface area (Å²) in [5, 5.41) is 14.3. The third-order valence-electron chi connectivity index (χ3n) is 5.03. The molecule has 26 heavy (non-hydrogen) atoms. The summed E-state index contributed by atoms with van der Waals surface area (Å²) in [6.45, 7) is 0.821. The highest BCUT2D eigenvalue weighted by Gasteiger charge is 2.33. The smallest absolute Gasteiger partial charge is 0.224 e. The van der Waals surface area contributed by atoms with Crippen molar-refractivity contribution in [2.75, 3.05) is 0 Å². The summed E-state index contributed by atoms with van der Waals surface area (Å²) in [5.41, 5.74) is 1.87. The zero-order valence-electron chi connectivity index (χ0n) is 14.5. The van der Waals surface area contributed by atoms with Gasteiger partial charge in [0, 0.05) is 30.5 Å². The second-order valence-electron chi connectivity index (χ2n) is 7.05. The fourth-order valence-corrected chi connectivity index (χ4v) is 3.79. The number of amides is 1. The van der Waals surface area contributed by atoms with Gasteiger partial charge in [0.15, 0.2) is 0 Å². The minimum Gasteiger partial charge on any atom is -0.391 e. The van der Waals surface area contributed by atoms with Crippen molar-refractivity contribution in [1.82, 2.24) is 19.9 Å². The number of carbonyl (C=O) groups is 1. The molecule has 1 fully saturated rings. The first-order valence-corrected chi connectivity index (χ1v) is 8.94. The van der Waals surface area contributed by atoms with Crippen molar-refractivity contribution in [3.05, 3.63) is 60.8 Å². The molecule has 3 atom stereocenters. The number of benzene rings is 1. The van der Waals surface area contributed by atoms with E-state index in [1.807, 2.05) is 41.1 Å². The lowest BCUT2D eigenvalue weighted by atomic mass is 10.1. The highest BCUT2D eigenvalue weighted by Crippen LogP contribution is 2.27. The molecule has 1 saturated carbocycles. The summed E-state index contributed by atoms with van der Waals surface area (Å²) >= 11 is 0. The number of imidazole rings is 1. The molecule has 3 aromatic rings. The Morgan fingerprint density at radius 1 is 1.27 bits per heavy atom. The first-order chi connectivity index (χ1) is 12.7. The van der Waals surface area contributed by atoms with E-state index in [9.17, 15) is 9.90 Å². The normalized spacial score (nSPS) is 22.6. The Labute approximate surface area is 151 Å². The SMILES string of the molecule is O=C(Cc1ccc2ncccc2c1)N[C@@H]1CC(Cn2ccnc2)C[C@H]1O. The van der Waals surface area contributed by atoms with E-state index in [1.165, 1.54) is 0 Å². The van der Waals surface area contributed by atoms with Crippen molar-refractivity contribution >= 4 is 16.8 Å². The first-order valence-electron chi connectivity index (χ1n) is 8.94. The van der Waals surface area contributed by atoms with Gasteiger partial charge in [-0.05, 0) is 42.5 Å². The Kier molecular flexibility index (Phi) is 4.67. The van der Waals surface area contributed by atoms with Gasteiger partial charge in [-0.3, -0.25) is 9.78 Å². The molecule has 6 heteroatoms. The van der Waals surface area contributed by atoms with E-state index < -0.39 is 6.10 Å². The molecule has 2 aromatic heterocycles. The van der Waals surface area contributed by atoms with Gasteiger partial charge in [-0.2, -0.15) is 0 Å². The molecule has 0 radical (unpaired) electrons. The lowest BCUT2D eigenvalue weighted by Crippen LogP contribution is -2.40. The molecule has 2 heterocycles. The number of carbonyl (C=O) groups excluding carboxylic acids is 1. The van der Waals surface area contributed by atoms with Gasteiger partial charge < -0.3 is 15.0 Å². The molecule has 1 aliphatic rings. The maximum absolute atomic E-state index is 12.4. The Morgan fingerprint density at radius 2 is 2.19 bits per heavy atom. The van der Waals surface area contributed by atoms with E-state index >= 15 is 0 Å². The maximum atomic E-state index is 12.4. The minimum absolute atomic E-state index is 0.0550. The Morgan fingerprint density at radius 3 is 3.04 bits per heavy atom. The molecule has 4 rings (SSSR count). The third-order valence-corrected chi connectivity index (χ3v) is 5.03. The van der Waals surface area contributed by atoms with Gasteiger partial charge in [0.05, 0.1) is 30.4 Å². The molecule has 1 unspecified atom stereocenters. The number of hydrogen-bond donors (Lipinski definition) is 2. The van der Waals surface area contributed by atoms with Crippen LogP contribution in [0, 0.1) is 5.92 Å². The molecule has 2 N–H and O–H groups in total. The summed E-state index contributed by atoms with van der Waals surface area (Å²) in [6.07, 6.45) is 8.52. The van der Waals surface area contributed by atoms with Crippen molar-refractivity contribution < 1.29 is 9.90 Å². The molecule has 0 saturated heterocycles. The van der Waals surface area contributed by atoms with Crippen molar-refractivity contribution in [1.29, 1.82) is 0 Å². The monoisotopic (exact) mass is 350 g/mol. The van der Waals surface area contributed by atoms with Crippen LogP contribution >= 0.6 is 0 Å². The lowest BCUT2D eigenvalue weighted by Gasteiger charge is -2.16. The van der Waals surface area contributed by atoms with Gasteiger partial charge in [-0.25, -0.2) is 4.98 Å². The minimum atomic E-state index is -0.492. The van der Waals surface area contributed by atoms with Crippen LogP contribution in [0.3, 0.4) is 0 Å². The van der Waals surface area contributed by atoms with E-state index in [-0.39, 0.29) is 11.9 Å². The number of rotatable bonds is 5. The fraction of sp³-hybridized carbons (Fsp3) is 0.350.